The normalized spacial score (nSPS) is 15.1. The van der Waals surface area contributed by atoms with E-state index in [-0.39, 0.29) is 0 Å². The van der Waals surface area contributed by atoms with Crippen molar-refractivity contribution in [3.8, 4) is 5.75 Å². The highest BCUT2D eigenvalue weighted by atomic mass is 16.7. The zero-order valence-electron chi connectivity index (χ0n) is 7.84. The summed E-state index contributed by atoms with van der Waals surface area (Å²) in [5, 5.41) is 3.73. The Hall–Kier alpha value is -2.04. The molecule has 2 aromatic rings. The van der Waals surface area contributed by atoms with Gasteiger partial charge < -0.3 is 14.0 Å². The number of hydrogen-bond donors (Lipinski definition) is 0. The molecular formula is C10H8N2O3. The van der Waals surface area contributed by atoms with E-state index < -0.39 is 0 Å². The van der Waals surface area contributed by atoms with Gasteiger partial charge in [0.25, 0.3) is 0 Å². The smallest absolute Gasteiger partial charge is 0.234 e. The van der Waals surface area contributed by atoms with Crippen molar-refractivity contribution in [2.45, 2.75) is 6.42 Å². The highest BCUT2D eigenvalue weighted by Crippen LogP contribution is 2.20. The Balaban J connectivity index is 1.90. The topological polar surface area (TPSA) is 56.9 Å². The molecule has 1 aliphatic rings. The highest BCUT2D eigenvalue weighted by molar-refractivity contribution is 5.80. The lowest BCUT2D eigenvalue weighted by atomic mass is 10.4. The van der Waals surface area contributed by atoms with E-state index in [2.05, 4.69) is 10.1 Å². The van der Waals surface area contributed by atoms with Crippen LogP contribution in [0.1, 0.15) is 6.42 Å². The van der Waals surface area contributed by atoms with Gasteiger partial charge in [-0.3, -0.25) is 0 Å². The summed E-state index contributed by atoms with van der Waals surface area (Å²) in [4.78, 5) is 8.99. The van der Waals surface area contributed by atoms with Crippen LogP contribution in [0.15, 0.2) is 34.2 Å². The molecule has 1 aliphatic heterocycles. The summed E-state index contributed by atoms with van der Waals surface area (Å²) in [5.41, 5.74) is 1.51. The fraction of sp³-hybridized carbons (Fsp3) is 0.200. The zero-order valence-corrected chi connectivity index (χ0v) is 7.84. The second kappa shape index (κ2) is 3.27. The maximum absolute atomic E-state index is 5.46. The van der Waals surface area contributed by atoms with Gasteiger partial charge in [0.1, 0.15) is 12.1 Å². The first-order valence-electron chi connectivity index (χ1n) is 4.62. The van der Waals surface area contributed by atoms with E-state index >= 15 is 0 Å². The zero-order chi connectivity index (χ0) is 10.1. The third-order valence-corrected chi connectivity index (χ3v) is 2.09. The molecule has 5 heteroatoms. The largest absolute Gasteiger partial charge is 0.463 e. The van der Waals surface area contributed by atoms with Crippen LogP contribution >= 0.6 is 0 Å². The quantitative estimate of drug-likeness (QED) is 0.712. The predicted molar refractivity (Wildman–Crippen MR) is 52.6 cm³/mol. The number of hydrogen-bond acceptors (Lipinski definition) is 5. The molecule has 0 spiro atoms. The van der Waals surface area contributed by atoms with Gasteiger partial charge in [-0.2, -0.15) is 0 Å². The van der Waals surface area contributed by atoms with Crippen molar-refractivity contribution in [1.29, 1.82) is 0 Å². The monoisotopic (exact) mass is 204 g/mol. The molecule has 0 unspecified atom stereocenters. The number of oxime groups is 1. The molecule has 0 bridgehead atoms. The first-order valence-corrected chi connectivity index (χ1v) is 4.62. The second-order valence-corrected chi connectivity index (χ2v) is 3.15. The van der Waals surface area contributed by atoms with Crippen molar-refractivity contribution >= 4 is 17.0 Å². The van der Waals surface area contributed by atoms with Crippen LogP contribution in [-0.4, -0.2) is 17.5 Å². The molecule has 0 saturated carbocycles. The number of aromatic nitrogens is 1. The van der Waals surface area contributed by atoms with Crippen LogP contribution in [0.5, 0.6) is 5.75 Å². The molecule has 3 rings (SSSR count). The molecule has 0 atom stereocenters. The molecule has 15 heavy (non-hydrogen) atoms. The molecule has 0 amide bonds. The molecule has 76 valence electrons. The van der Waals surface area contributed by atoms with Crippen molar-refractivity contribution in [3.63, 3.8) is 0 Å². The van der Waals surface area contributed by atoms with Gasteiger partial charge in [0, 0.05) is 12.1 Å². The summed E-state index contributed by atoms with van der Waals surface area (Å²) in [6.45, 7) is 0.575. The van der Waals surface area contributed by atoms with E-state index in [1.165, 1.54) is 0 Å². The van der Waals surface area contributed by atoms with Crippen molar-refractivity contribution in [3.05, 3.63) is 24.6 Å². The number of fused-ring (bicyclic) bond motifs is 1. The van der Waals surface area contributed by atoms with E-state index in [0.29, 0.717) is 30.3 Å². The third-order valence-electron chi connectivity index (χ3n) is 2.09. The molecule has 0 saturated heterocycles. The van der Waals surface area contributed by atoms with Crippen molar-refractivity contribution in [2.75, 3.05) is 6.61 Å². The standard InChI is InChI=1S/C10H8N2O3/c1-3-13-9-5-7(6-11-8(1)9)15-10-2-4-14-12-10/h1,3,5-6H,2,4H2. The highest BCUT2D eigenvalue weighted by Gasteiger charge is 2.11. The van der Waals surface area contributed by atoms with Gasteiger partial charge in [-0.25, -0.2) is 4.98 Å². The Bertz CT molecular complexity index is 518. The maximum atomic E-state index is 5.46. The Morgan fingerprint density at radius 2 is 2.40 bits per heavy atom. The van der Waals surface area contributed by atoms with Crippen LogP contribution in [-0.2, 0) is 4.84 Å². The first kappa shape index (κ1) is 8.28. The second-order valence-electron chi connectivity index (χ2n) is 3.15. The van der Waals surface area contributed by atoms with Gasteiger partial charge in [-0.1, -0.05) is 5.16 Å². The van der Waals surface area contributed by atoms with Gasteiger partial charge in [-0.05, 0) is 0 Å². The summed E-state index contributed by atoms with van der Waals surface area (Å²) < 4.78 is 10.7. The van der Waals surface area contributed by atoms with Crippen LogP contribution in [0.3, 0.4) is 0 Å². The first-order chi connectivity index (χ1) is 7.42. The summed E-state index contributed by atoms with van der Waals surface area (Å²) in [5.74, 6) is 1.18. The molecule has 0 aromatic carbocycles. The molecule has 0 aliphatic carbocycles. The fourth-order valence-corrected chi connectivity index (χ4v) is 1.39. The van der Waals surface area contributed by atoms with E-state index in [0.717, 1.165) is 5.52 Å². The van der Waals surface area contributed by atoms with Crippen LogP contribution in [0, 0.1) is 0 Å². The minimum Gasteiger partial charge on any atom is -0.463 e. The third kappa shape index (κ3) is 1.52. The number of nitrogens with zero attached hydrogens (tertiary/aromatic N) is 2. The Labute approximate surface area is 85.3 Å². The van der Waals surface area contributed by atoms with Crippen LogP contribution < -0.4 is 4.74 Å². The van der Waals surface area contributed by atoms with E-state index in [4.69, 9.17) is 14.0 Å². The van der Waals surface area contributed by atoms with Crippen LogP contribution in [0.2, 0.25) is 0 Å². The Morgan fingerprint density at radius 1 is 1.40 bits per heavy atom. The lowest BCUT2D eigenvalue weighted by Gasteiger charge is -2.01. The molecule has 5 nitrogen and oxygen atoms in total. The maximum Gasteiger partial charge on any atom is 0.234 e. The Kier molecular flexibility index (Phi) is 1.81. The van der Waals surface area contributed by atoms with Gasteiger partial charge in [0.15, 0.2) is 11.3 Å². The molecule has 2 aromatic heterocycles. The summed E-state index contributed by atoms with van der Waals surface area (Å²) in [6, 6.07) is 3.58. The fourth-order valence-electron chi connectivity index (χ4n) is 1.39. The van der Waals surface area contributed by atoms with E-state index in [1.807, 2.05) is 0 Å². The van der Waals surface area contributed by atoms with Crippen molar-refractivity contribution in [1.82, 2.24) is 4.98 Å². The minimum atomic E-state index is 0.572. The average molecular weight is 204 g/mol. The van der Waals surface area contributed by atoms with Crippen molar-refractivity contribution in [2.24, 2.45) is 5.16 Å². The lowest BCUT2D eigenvalue weighted by Crippen LogP contribution is -2.05. The summed E-state index contributed by atoms with van der Waals surface area (Å²) in [7, 11) is 0. The number of pyridine rings is 1. The SMILES string of the molecule is c1cc2ncc(OC3=NOCC3)cc2o1. The summed E-state index contributed by atoms with van der Waals surface area (Å²) in [6.07, 6.45) is 3.92. The van der Waals surface area contributed by atoms with Crippen LogP contribution in [0.25, 0.3) is 11.1 Å². The molecule has 3 heterocycles. The van der Waals surface area contributed by atoms with Gasteiger partial charge in [0.2, 0.25) is 5.90 Å². The Morgan fingerprint density at radius 3 is 3.27 bits per heavy atom. The van der Waals surface area contributed by atoms with E-state index in [9.17, 15) is 0 Å². The van der Waals surface area contributed by atoms with Crippen LogP contribution in [0.4, 0.5) is 0 Å². The van der Waals surface area contributed by atoms with Crippen molar-refractivity contribution < 1.29 is 14.0 Å². The number of ether oxygens (including phenoxy) is 1. The molecular weight excluding hydrogens is 196 g/mol. The average Bonchev–Trinajstić information content (AvgIpc) is 2.87. The number of rotatable bonds is 1. The lowest BCUT2D eigenvalue weighted by molar-refractivity contribution is 0.173. The molecule has 0 N–H and O–H groups in total. The van der Waals surface area contributed by atoms with Gasteiger partial charge in [-0.15, -0.1) is 0 Å². The van der Waals surface area contributed by atoms with E-state index in [1.54, 1.807) is 24.6 Å². The van der Waals surface area contributed by atoms with Gasteiger partial charge in [0.05, 0.1) is 18.9 Å². The predicted octanol–water partition coefficient (Wildman–Crippen LogP) is 1.94. The number of furan rings is 1. The van der Waals surface area contributed by atoms with Gasteiger partial charge >= 0.3 is 0 Å². The summed E-state index contributed by atoms with van der Waals surface area (Å²) >= 11 is 0. The minimum absolute atomic E-state index is 0.572. The molecule has 0 radical (unpaired) electrons. The molecule has 0 fully saturated rings.